The number of nitrogens with zero attached hydrogens (tertiary/aromatic N) is 2. The summed E-state index contributed by atoms with van der Waals surface area (Å²) < 4.78 is 13.0. The highest BCUT2D eigenvalue weighted by molar-refractivity contribution is 5.98. The van der Waals surface area contributed by atoms with Crippen molar-refractivity contribution in [2.45, 2.75) is 19.4 Å². The van der Waals surface area contributed by atoms with Crippen molar-refractivity contribution < 1.29 is 24.9 Å². The molecule has 6 nitrogen and oxygen atoms in total. The second-order valence-electron chi connectivity index (χ2n) is 7.49. The lowest BCUT2D eigenvalue weighted by Gasteiger charge is -2.33. The lowest BCUT2D eigenvalue weighted by Crippen LogP contribution is -2.40. The van der Waals surface area contributed by atoms with Crippen LogP contribution < -0.4 is 0 Å². The molecule has 4 N–H and O–H groups in total. The summed E-state index contributed by atoms with van der Waals surface area (Å²) in [6, 6.07) is 13.6. The number of ketones is 1. The Morgan fingerprint density at radius 1 is 1.00 bits per heavy atom. The molecule has 2 aromatic rings. The molecule has 0 radical (unpaired) electrons. The molecule has 2 aliphatic rings. The van der Waals surface area contributed by atoms with Crippen LogP contribution in [0.15, 0.2) is 48.5 Å². The highest BCUT2D eigenvalue weighted by atomic mass is 35.5. The molecule has 1 fully saturated rings. The molecule has 1 saturated heterocycles. The average Bonchev–Trinajstić information content (AvgIpc) is 3.00. The van der Waals surface area contributed by atoms with Crippen molar-refractivity contribution in [1.82, 2.24) is 9.80 Å². The van der Waals surface area contributed by atoms with E-state index in [2.05, 4.69) is 4.90 Å². The van der Waals surface area contributed by atoms with Crippen molar-refractivity contribution in [3.63, 3.8) is 0 Å². The predicted octanol–water partition coefficient (Wildman–Crippen LogP) is 2.15. The molecular formula is C22H28ClFN2O4. The van der Waals surface area contributed by atoms with Crippen LogP contribution in [-0.4, -0.2) is 58.6 Å². The van der Waals surface area contributed by atoms with Gasteiger partial charge in [0.05, 0.1) is 6.54 Å². The third-order valence-corrected chi connectivity index (χ3v) is 5.62. The van der Waals surface area contributed by atoms with E-state index in [9.17, 15) is 14.0 Å². The molecule has 0 bridgehead atoms. The maximum Gasteiger partial charge on any atom is 0.254 e. The van der Waals surface area contributed by atoms with Gasteiger partial charge in [-0.15, -0.1) is 12.4 Å². The maximum absolute atomic E-state index is 13.0. The fourth-order valence-electron chi connectivity index (χ4n) is 4.03. The number of halogens is 2. The maximum atomic E-state index is 13.0. The third kappa shape index (κ3) is 5.64. The number of fused-ring (bicyclic) bond motifs is 1. The van der Waals surface area contributed by atoms with Gasteiger partial charge in [0, 0.05) is 24.2 Å². The van der Waals surface area contributed by atoms with E-state index in [1.165, 1.54) is 12.1 Å². The Morgan fingerprint density at radius 2 is 1.63 bits per heavy atom. The van der Waals surface area contributed by atoms with E-state index in [-0.39, 0.29) is 40.9 Å². The Kier molecular flexibility index (Phi) is 9.58. The van der Waals surface area contributed by atoms with Crippen molar-refractivity contribution in [2.75, 3.05) is 26.2 Å². The van der Waals surface area contributed by atoms with E-state index in [1.54, 1.807) is 12.1 Å². The highest BCUT2D eigenvalue weighted by Gasteiger charge is 2.30. The standard InChI is InChI=1S/C22H23FN2O2.ClH.2H2O/c23-19-7-5-17(6-8-19)21(26)15-24-11-9-16(10-12-24)13-25-14-18-3-1-2-4-20(18)22(25)27;;;/h1-8,16H,9-15H2;1H;2*1H2. The molecule has 30 heavy (non-hydrogen) atoms. The van der Waals surface area contributed by atoms with Gasteiger partial charge in [-0.25, -0.2) is 4.39 Å². The monoisotopic (exact) mass is 438 g/mol. The summed E-state index contributed by atoms with van der Waals surface area (Å²) >= 11 is 0. The largest absolute Gasteiger partial charge is 0.412 e. The number of carbonyl (C=O) groups excluding carboxylic acids is 2. The molecule has 0 spiro atoms. The van der Waals surface area contributed by atoms with Crippen LogP contribution in [0.1, 0.15) is 39.1 Å². The van der Waals surface area contributed by atoms with Crippen LogP contribution in [0, 0.1) is 11.7 Å². The summed E-state index contributed by atoms with van der Waals surface area (Å²) in [6.07, 6.45) is 1.97. The fourth-order valence-corrected chi connectivity index (χ4v) is 4.03. The minimum atomic E-state index is -0.328. The van der Waals surface area contributed by atoms with E-state index >= 15 is 0 Å². The first kappa shape index (κ1) is 25.7. The molecule has 4 rings (SSSR count). The van der Waals surface area contributed by atoms with Crippen molar-refractivity contribution in [3.05, 3.63) is 71.0 Å². The van der Waals surface area contributed by atoms with Gasteiger partial charge in [-0.05, 0) is 67.7 Å². The van der Waals surface area contributed by atoms with Gasteiger partial charge in [0.15, 0.2) is 5.78 Å². The minimum Gasteiger partial charge on any atom is -0.412 e. The summed E-state index contributed by atoms with van der Waals surface area (Å²) in [5.74, 6) is 0.310. The number of hydrogen-bond acceptors (Lipinski definition) is 3. The number of Topliss-reactive ketones (excluding diaryl/α,β-unsaturated/α-hetero) is 1. The van der Waals surface area contributed by atoms with Gasteiger partial charge in [-0.2, -0.15) is 0 Å². The molecule has 0 aromatic heterocycles. The van der Waals surface area contributed by atoms with Gasteiger partial charge in [0.1, 0.15) is 5.82 Å². The van der Waals surface area contributed by atoms with E-state index in [0.717, 1.165) is 43.6 Å². The van der Waals surface area contributed by atoms with Gasteiger partial charge in [0.25, 0.3) is 5.91 Å². The Bertz CT molecular complexity index is 854. The van der Waals surface area contributed by atoms with Gasteiger partial charge in [-0.3, -0.25) is 14.5 Å². The Hall–Kier alpha value is -2.32. The Morgan fingerprint density at radius 3 is 2.27 bits per heavy atom. The number of hydrogen-bond donors (Lipinski definition) is 0. The second-order valence-corrected chi connectivity index (χ2v) is 7.49. The summed E-state index contributed by atoms with van der Waals surface area (Å²) in [7, 11) is 0. The van der Waals surface area contributed by atoms with Crippen molar-refractivity contribution >= 4 is 24.1 Å². The van der Waals surface area contributed by atoms with Crippen LogP contribution in [0.5, 0.6) is 0 Å². The zero-order valence-corrected chi connectivity index (χ0v) is 17.5. The van der Waals surface area contributed by atoms with Crippen LogP contribution in [0.25, 0.3) is 0 Å². The molecule has 0 atom stereocenters. The summed E-state index contributed by atoms with van der Waals surface area (Å²) in [4.78, 5) is 29.0. The number of rotatable bonds is 5. The van der Waals surface area contributed by atoms with Crippen LogP contribution in [0.2, 0.25) is 0 Å². The molecule has 1 amide bonds. The quantitative estimate of drug-likeness (QED) is 0.668. The van der Waals surface area contributed by atoms with E-state index in [4.69, 9.17) is 0 Å². The normalized spacial score (nSPS) is 16.2. The molecule has 0 saturated carbocycles. The fraction of sp³-hybridized carbons (Fsp3) is 0.364. The van der Waals surface area contributed by atoms with Crippen molar-refractivity contribution in [2.24, 2.45) is 5.92 Å². The number of piperidine rings is 1. The van der Waals surface area contributed by atoms with E-state index in [1.807, 2.05) is 29.2 Å². The van der Waals surface area contributed by atoms with Crippen molar-refractivity contribution in [1.29, 1.82) is 0 Å². The van der Waals surface area contributed by atoms with Crippen LogP contribution in [0.3, 0.4) is 0 Å². The predicted molar refractivity (Wildman–Crippen MR) is 116 cm³/mol. The number of amides is 1. The van der Waals surface area contributed by atoms with E-state index in [0.29, 0.717) is 24.6 Å². The van der Waals surface area contributed by atoms with Gasteiger partial charge in [-0.1, -0.05) is 18.2 Å². The number of benzene rings is 2. The summed E-state index contributed by atoms with van der Waals surface area (Å²) in [5, 5.41) is 0. The number of likely N-dealkylation sites (tertiary alicyclic amines) is 1. The lowest BCUT2D eigenvalue weighted by atomic mass is 9.95. The highest BCUT2D eigenvalue weighted by Crippen LogP contribution is 2.26. The van der Waals surface area contributed by atoms with Crippen molar-refractivity contribution in [3.8, 4) is 0 Å². The summed E-state index contributed by atoms with van der Waals surface area (Å²) in [6.45, 7) is 3.57. The van der Waals surface area contributed by atoms with E-state index < -0.39 is 0 Å². The zero-order chi connectivity index (χ0) is 18.8. The first-order chi connectivity index (χ1) is 13.1. The molecule has 0 unspecified atom stereocenters. The smallest absolute Gasteiger partial charge is 0.254 e. The first-order valence-corrected chi connectivity index (χ1v) is 9.48. The third-order valence-electron chi connectivity index (χ3n) is 5.62. The first-order valence-electron chi connectivity index (χ1n) is 9.48. The minimum absolute atomic E-state index is 0. The molecule has 8 heteroatoms. The number of carbonyl (C=O) groups is 2. The lowest BCUT2D eigenvalue weighted by molar-refractivity contribution is 0.0707. The van der Waals surface area contributed by atoms with Crippen LogP contribution >= 0.6 is 12.4 Å². The van der Waals surface area contributed by atoms with Gasteiger partial charge in [0.2, 0.25) is 0 Å². The molecular weight excluding hydrogens is 411 g/mol. The average molecular weight is 439 g/mol. The van der Waals surface area contributed by atoms with Crippen LogP contribution in [0.4, 0.5) is 4.39 Å². The molecule has 2 heterocycles. The topological polar surface area (TPSA) is 104 Å². The Labute approximate surface area is 181 Å². The SMILES string of the molecule is Cl.O.O.O=C(CN1CCC(CN2Cc3ccccc3C2=O)CC1)c1ccc(F)cc1. The second kappa shape index (κ2) is 11.2. The zero-order valence-electron chi connectivity index (χ0n) is 16.6. The van der Waals surface area contributed by atoms with Gasteiger partial charge >= 0.3 is 0 Å². The molecule has 2 aromatic carbocycles. The summed E-state index contributed by atoms with van der Waals surface area (Å²) in [5.41, 5.74) is 2.50. The van der Waals surface area contributed by atoms with Crippen LogP contribution in [-0.2, 0) is 6.54 Å². The molecule has 164 valence electrons. The molecule has 2 aliphatic heterocycles. The Balaban J connectivity index is 0.00000150. The molecule has 0 aliphatic carbocycles. The van der Waals surface area contributed by atoms with Gasteiger partial charge < -0.3 is 15.9 Å².